The first kappa shape index (κ1) is 30.8. The van der Waals surface area contributed by atoms with Crippen LogP contribution in [0.25, 0.3) is 0 Å². The molecule has 0 aliphatic carbocycles. The van der Waals surface area contributed by atoms with Crippen LogP contribution in [0.5, 0.6) is 11.5 Å². The maximum atomic E-state index is 13.7. The van der Waals surface area contributed by atoms with Gasteiger partial charge in [-0.25, -0.2) is 13.2 Å². The summed E-state index contributed by atoms with van der Waals surface area (Å²) in [4.78, 5) is 36.9. The van der Waals surface area contributed by atoms with Crippen LogP contribution in [0.1, 0.15) is 51.2 Å². The van der Waals surface area contributed by atoms with Crippen molar-refractivity contribution >= 4 is 44.5 Å². The molecular formula is C28H32N2O8S2. The van der Waals surface area contributed by atoms with Crippen molar-refractivity contribution < 1.29 is 37.0 Å². The molecule has 0 saturated carbocycles. The molecule has 1 unspecified atom stereocenters. The van der Waals surface area contributed by atoms with Gasteiger partial charge in [0, 0.05) is 23.7 Å². The van der Waals surface area contributed by atoms with E-state index in [1.165, 1.54) is 32.4 Å². The smallest absolute Gasteiger partial charge is 0.412 e. The Morgan fingerprint density at radius 2 is 1.77 bits per heavy atom. The van der Waals surface area contributed by atoms with Crippen molar-refractivity contribution in [2.24, 2.45) is 0 Å². The van der Waals surface area contributed by atoms with Crippen LogP contribution in [0.15, 0.2) is 41.3 Å². The van der Waals surface area contributed by atoms with E-state index in [9.17, 15) is 22.8 Å². The number of benzene rings is 2. The Morgan fingerprint density at radius 3 is 2.38 bits per heavy atom. The molecule has 1 heterocycles. The predicted molar refractivity (Wildman–Crippen MR) is 152 cm³/mol. The molecule has 12 heteroatoms. The standard InChI is InChI=1S/C28H32N2O8S2/c1-18-11-12-20(29-25(32)38-27(2,3)4)16-19(18)10-8-7-9-15-28(24(31)30-26(33)39-28)40(34,35)21-13-14-22(36-5)23(17-21)37-6/h11-14,16-17H,7,9,15H2,1-6H3,(H,29,32)(H,30,31,33). The van der Waals surface area contributed by atoms with Crippen molar-refractivity contribution in [2.75, 3.05) is 19.5 Å². The topological polar surface area (TPSA) is 137 Å². The second-order valence-electron chi connectivity index (χ2n) is 9.93. The number of methoxy groups -OCH3 is 2. The van der Waals surface area contributed by atoms with Crippen LogP contribution in [0.3, 0.4) is 0 Å². The summed E-state index contributed by atoms with van der Waals surface area (Å²) in [7, 11) is -1.53. The highest BCUT2D eigenvalue weighted by molar-refractivity contribution is 8.25. The first-order chi connectivity index (χ1) is 18.7. The van der Waals surface area contributed by atoms with E-state index in [1.807, 2.05) is 13.0 Å². The van der Waals surface area contributed by atoms with E-state index in [0.29, 0.717) is 28.8 Å². The molecule has 214 valence electrons. The first-order valence-electron chi connectivity index (χ1n) is 12.3. The summed E-state index contributed by atoms with van der Waals surface area (Å²) in [5.41, 5.74) is 1.43. The molecule has 1 aliphatic heterocycles. The minimum absolute atomic E-state index is 0.139. The van der Waals surface area contributed by atoms with Crippen molar-refractivity contribution in [2.45, 2.75) is 61.5 Å². The quantitative estimate of drug-likeness (QED) is 0.321. The number of carbonyl (C=O) groups is 3. The number of rotatable bonds is 8. The largest absolute Gasteiger partial charge is 0.493 e. The number of carbonyl (C=O) groups excluding carboxylic acids is 3. The number of hydrogen-bond donors (Lipinski definition) is 2. The van der Waals surface area contributed by atoms with Gasteiger partial charge in [0.15, 0.2) is 11.5 Å². The van der Waals surface area contributed by atoms with Crippen molar-refractivity contribution in [3.05, 3.63) is 47.5 Å². The monoisotopic (exact) mass is 588 g/mol. The summed E-state index contributed by atoms with van der Waals surface area (Å²) in [5, 5.41) is 4.06. The second-order valence-corrected chi connectivity index (χ2v) is 13.6. The molecule has 1 fully saturated rings. The van der Waals surface area contributed by atoms with Crippen LogP contribution in [0, 0.1) is 18.8 Å². The summed E-state index contributed by atoms with van der Waals surface area (Å²) in [6, 6.07) is 9.28. The average molecular weight is 589 g/mol. The normalized spacial score (nSPS) is 16.9. The zero-order valence-electron chi connectivity index (χ0n) is 23.2. The van der Waals surface area contributed by atoms with Crippen LogP contribution in [-0.2, 0) is 19.4 Å². The number of hydrogen-bond acceptors (Lipinski definition) is 9. The lowest BCUT2D eigenvalue weighted by Crippen LogP contribution is -2.43. The zero-order valence-corrected chi connectivity index (χ0v) is 24.8. The molecule has 1 atom stereocenters. The van der Waals surface area contributed by atoms with Crippen molar-refractivity contribution in [3.63, 3.8) is 0 Å². The molecule has 3 amide bonds. The molecule has 2 N–H and O–H groups in total. The van der Waals surface area contributed by atoms with Gasteiger partial charge < -0.3 is 14.2 Å². The number of anilines is 1. The maximum Gasteiger partial charge on any atom is 0.412 e. The molecule has 0 radical (unpaired) electrons. The van der Waals surface area contributed by atoms with Crippen LogP contribution in [0.2, 0.25) is 0 Å². The molecule has 1 aliphatic rings. The molecular weight excluding hydrogens is 556 g/mol. The highest BCUT2D eigenvalue weighted by Crippen LogP contribution is 2.45. The van der Waals surface area contributed by atoms with E-state index in [0.717, 1.165) is 5.56 Å². The van der Waals surface area contributed by atoms with Gasteiger partial charge >= 0.3 is 6.09 Å². The molecule has 10 nitrogen and oxygen atoms in total. The molecule has 2 aromatic carbocycles. The highest BCUT2D eigenvalue weighted by atomic mass is 32.3. The molecule has 40 heavy (non-hydrogen) atoms. The maximum absolute atomic E-state index is 13.7. The van der Waals surface area contributed by atoms with Gasteiger partial charge in [0.2, 0.25) is 13.9 Å². The number of nitrogens with one attached hydrogen (secondary N) is 2. The summed E-state index contributed by atoms with van der Waals surface area (Å²) < 4.78 is 41.0. The highest BCUT2D eigenvalue weighted by Gasteiger charge is 2.58. The van der Waals surface area contributed by atoms with Gasteiger partial charge in [-0.2, -0.15) is 0 Å². The predicted octanol–water partition coefficient (Wildman–Crippen LogP) is 5.03. The second kappa shape index (κ2) is 12.2. The third kappa shape index (κ3) is 6.89. The Labute approximate surface area is 238 Å². The van der Waals surface area contributed by atoms with Crippen LogP contribution in [0.4, 0.5) is 15.3 Å². The summed E-state index contributed by atoms with van der Waals surface area (Å²) in [6.45, 7) is 7.18. The van der Waals surface area contributed by atoms with E-state index in [1.54, 1.807) is 32.9 Å². The Morgan fingerprint density at radius 1 is 1.07 bits per heavy atom. The van der Waals surface area contributed by atoms with Gasteiger partial charge in [0.25, 0.3) is 11.1 Å². The van der Waals surface area contributed by atoms with Crippen LogP contribution in [-0.4, -0.2) is 49.6 Å². The van der Waals surface area contributed by atoms with Gasteiger partial charge in [-0.15, -0.1) is 0 Å². The van der Waals surface area contributed by atoms with E-state index in [4.69, 9.17) is 14.2 Å². The lowest BCUT2D eigenvalue weighted by atomic mass is 10.1. The molecule has 0 spiro atoms. The van der Waals surface area contributed by atoms with Crippen molar-refractivity contribution in [1.82, 2.24) is 5.32 Å². The number of sulfone groups is 1. The fraction of sp³-hybridized carbons (Fsp3) is 0.393. The number of imide groups is 1. The van der Waals surface area contributed by atoms with Gasteiger partial charge in [0.1, 0.15) is 5.60 Å². The van der Waals surface area contributed by atoms with E-state index in [2.05, 4.69) is 22.5 Å². The number of aryl methyl sites for hydroxylation is 1. The van der Waals surface area contributed by atoms with Crippen LogP contribution >= 0.6 is 11.8 Å². The average Bonchev–Trinajstić information content (AvgIpc) is 3.17. The van der Waals surface area contributed by atoms with Crippen molar-refractivity contribution in [1.29, 1.82) is 0 Å². The molecule has 0 bridgehead atoms. The minimum atomic E-state index is -4.32. The van der Waals surface area contributed by atoms with Gasteiger partial charge in [-0.05, 0) is 82.1 Å². The number of thioether (sulfide) groups is 1. The van der Waals surface area contributed by atoms with Gasteiger partial charge in [0.05, 0.1) is 19.1 Å². The molecule has 2 aromatic rings. The molecule has 0 aromatic heterocycles. The third-order valence-corrected chi connectivity index (χ3v) is 9.88. The lowest BCUT2D eigenvalue weighted by molar-refractivity contribution is -0.120. The summed E-state index contributed by atoms with van der Waals surface area (Å²) in [5.74, 6) is 5.65. The lowest BCUT2D eigenvalue weighted by Gasteiger charge is -2.24. The summed E-state index contributed by atoms with van der Waals surface area (Å²) >= 11 is 0.455. The fourth-order valence-corrected chi connectivity index (χ4v) is 7.27. The number of amides is 3. The number of unbranched alkanes of at least 4 members (excludes halogenated alkanes) is 1. The Balaban J connectivity index is 1.78. The zero-order chi connectivity index (χ0) is 29.7. The Hall–Kier alpha value is -3.69. The molecule has 3 rings (SSSR count). The van der Waals surface area contributed by atoms with Gasteiger partial charge in [-0.1, -0.05) is 17.9 Å². The Bertz CT molecular complexity index is 1490. The SMILES string of the molecule is COc1ccc(S(=O)(=O)C2(CCCC#Cc3cc(NC(=O)OC(C)(C)C)ccc3C)SC(=O)NC2=O)cc1OC. The minimum Gasteiger partial charge on any atom is -0.493 e. The van der Waals surface area contributed by atoms with E-state index >= 15 is 0 Å². The van der Waals surface area contributed by atoms with Crippen LogP contribution < -0.4 is 20.1 Å². The Kier molecular flexibility index (Phi) is 9.43. The van der Waals surface area contributed by atoms with Gasteiger partial charge in [-0.3, -0.25) is 20.2 Å². The molecule has 1 saturated heterocycles. The first-order valence-corrected chi connectivity index (χ1v) is 14.6. The number of ether oxygens (including phenoxy) is 3. The van der Waals surface area contributed by atoms with Crippen molar-refractivity contribution in [3.8, 4) is 23.3 Å². The third-order valence-electron chi connectivity index (χ3n) is 5.83. The fourth-order valence-electron chi connectivity index (χ4n) is 3.88. The van der Waals surface area contributed by atoms with E-state index < -0.39 is 36.8 Å². The summed E-state index contributed by atoms with van der Waals surface area (Å²) in [6.07, 6.45) is -0.241. The van der Waals surface area contributed by atoms with E-state index in [-0.39, 0.29) is 29.9 Å².